The number of sulfonamides is 1. The van der Waals surface area contributed by atoms with Gasteiger partial charge in [0.1, 0.15) is 4.21 Å². The van der Waals surface area contributed by atoms with Crippen molar-refractivity contribution in [2.75, 3.05) is 26.2 Å². The van der Waals surface area contributed by atoms with Gasteiger partial charge in [-0.1, -0.05) is 6.92 Å². The minimum absolute atomic E-state index is 0.133. The zero-order chi connectivity index (χ0) is 18.0. The van der Waals surface area contributed by atoms with Gasteiger partial charge >= 0.3 is 6.03 Å². The molecule has 1 aliphatic heterocycles. The van der Waals surface area contributed by atoms with E-state index in [0.717, 1.165) is 11.3 Å². The smallest absolute Gasteiger partial charge is 0.317 e. The van der Waals surface area contributed by atoms with Crippen molar-refractivity contribution in [2.45, 2.75) is 50.3 Å². The Hall–Kier alpha value is -1.12. The molecule has 2 rings (SSSR count). The van der Waals surface area contributed by atoms with Crippen molar-refractivity contribution >= 4 is 27.4 Å². The minimum atomic E-state index is -3.47. The first-order chi connectivity index (χ1) is 11.1. The molecular formula is C16H27N3O3S2. The van der Waals surface area contributed by atoms with Crippen LogP contribution in [0.15, 0.2) is 16.3 Å². The maximum atomic E-state index is 12.8. The SMILES string of the molecule is CCc1ccc(S(=O)(=O)N2CCCN(C(=O)NC(C)(C)C)CC2)s1. The molecule has 136 valence electrons. The Labute approximate surface area is 148 Å². The highest BCUT2D eigenvalue weighted by atomic mass is 32.2. The van der Waals surface area contributed by atoms with Crippen LogP contribution in [0.1, 0.15) is 39.0 Å². The molecule has 6 nitrogen and oxygen atoms in total. The Morgan fingerprint density at radius 1 is 1.21 bits per heavy atom. The van der Waals surface area contributed by atoms with E-state index in [-0.39, 0.29) is 11.6 Å². The number of thiophene rings is 1. The number of nitrogens with one attached hydrogen (secondary N) is 1. The van der Waals surface area contributed by atoms with Crippen molar-refractivity contribution in [1.82, 2.24) is 14.5 Å². The van der Waals surface area contributed by atoms with Gasteiger partial charge in [0.05, 0.1) is 0 Å². The molecule has 1 aromatic heterocycles. The molecule has 0 atom stereocenters. The van der Waals surface area contributed by atoms with Crippen molar-refractivity contribution < 1.29 is 13.2 Å². The highest BCUT2D eigenvalue weighted by Gasteiger charge is 2.30. The van der Waals surface area contributed by atoms with Gasteiger partial charge in [-0.05, 0) is 45.7 Å². The van der Waals surface area contributed by atoms with Crippen LogP contribution in [-0.4, -0.2) is 55.4 Å². The summed E-state index contributed by atoms with van der Waals surface area (Å²) in [6, 6.07) is 3.43. The Balaban J connectivity index is 2.06. The summed E-state index contributed by atoms with van der Waals surface area (Å²) in [4.78, 5) is 15.0. The lowest BCUT2D eigenvalue weighted by molar-refractivity contribution is 0.191. The predicted molar refractivity (Wildman–Crippen MR) is 96.9 cm³/mol. The fourth-order valence-electron chi connectivity index (χ4n) is 2.55. The van der Waals surface area contributed by atoms with Crippen LogP contribution in [0.4, 0.5) is 4.79 Å². The van der Waals surface area contributed by atoms with E-state index in [1.165, 1.54) is 15.6 Å². The summed E-state index contributed by atoms with van der Waals surface area (Å²) < 4.78 is 27.5. The molecule has 1 fully saturated rings. The third kappa shape index (κ3) is 4.70. The molecular weight excluding hydrogens is 346 g/mol. The first kappa shape index (κ1) is 19.2. The van der Waals surface area contributed by atoms with Crippen molar-refractivity contribution in [1.29, 1.82) is 0 Å². The maximum Gasteiger partial charge on any atom is 0.317 e. The van der Waals surface area contributed by atoms with Crippen LogP contribution in [0.3, 0.4) is 0 Å². The van der Waals surface area contributed by atoms with E-state index in [1.54, 1.807) is 11.0 Å². The molecule has 1 aliphatic rings. The van der Waals surface area contributed by atoms with Gasteiger partial charge in [-0.25, -0.2) is 13.2 Å². The normalized spacial score (nSPS) is 17.6. The van der Waals surface area contributed by atoms with Gasteiger partial charge in [0.25, 0.3) is 10.0 Å². The minimum Gasteiger partial charge on any atom is -0.333 e. The highest BCUT2D eigenvalue weighted by Crippen LogP contribution is 2.26. The molecule has 2 heterocycles. The summed E-state index contributed by atoms with van der Waals surface area (Å²) in [7, 11) is -3.47. The Morgan fingerprint density at radius 2 is 1.92 bits per heavy atom. The molecule has 2 amide bonds. The lowest BCUT2D eigenvalue weighted by Gasteiger charge is -2.27. The van der Waals surface area contributed by atoms with Crippen LogP contribution in [0.25, 0.3) is 0 Å². The predicted octanol–water partition coefficient (Wildman–Crippen LogP) is 2.52. The van der Waals surface area contributed by atoms with Gasteiger partial charge in [0.15, 0.2) is 0 Å². The number of carbonyl (C=O) groups is 1. The molecule has 0 radical (unpaired) electrons. The molecule has 24 heavy (non-hydrogen) atoms. The van der Waals surface area contributed by atoms with Crippen LogP contribution < -0.4 is 5.32 Å². The van der Waals surface area contributed by atoms with Gasteiger partial charge in [-0.2, -0.15) is 4.31 Å². The quantitative estimate of drug-likeness (QED) is 0.885. The van der Waals surface area contributed by atoms with Gasteiger partial charge in [-0.3, -0.25) is 0 Å². The topological polar surface area (TPSA) is 69.7 Å². The standard InChI is InChI=1S/C16H27N3O3S2/c1-5-13-7-8-14(23-13)24(21,22)19-10-6-9-18(11-12-19)15(20)17-16(2,3)4/h7-8H,5-6,9-12H2,1-4H3,(H,17,20). The van der Waals surface area contributed by atoms with Gasteiger partial charge in [0, 0.05) is 36.6 Å². The fraction of sp³-hybridized carbons (Fsp3) is 0.688. The van der Waals surface area contributed by atoms with Crippen molar-refractivity contribution in [2.24, 2.45) is 0 Å². The van der Waals surface area contributed by atoms with E-state index < -0.39 is 10.0 Å². The molecule has 1 N–H and O–H groups in total. The lowest BCUT2D eigenvalue weighted by Crippen LogP contribution is -2.49. The number of nitrogens with zero attached hydrogens (tertiary/aromatic N) is 2. The second kappa shape index (κ2) is 7.41. The number of carbonyl (C=O) groups excluding carboxylic acids is 1. The zero-order valence-electron chi connectivity index (χ0n) is 14.8. The summed E-state index contributed by atoms with van der Waals surface area (Å²) >= 11 is 1.33. The Kier molecular flexibility index (Phi) is 5.93. The third-order valence-corrected chi connectivity index (χ3v) is 7.40. The molecule has 0 bridgehead atoms. The average Bonchev–Trinajstić information content (AvgIpc) is 2.82. The molecule has 0 aliphatic carbocycles. The van der Waals surface area contributed by atoms with Crippen LogP contribution in [0.2, 0.25) is 0 Å². The fourth-order valence-corrected chi connectivity index (χ4v) is 5.47. The van der Waals surface area contributed by atoms with Crippen molar-refractivity contribution in [3.05, 3.63) is 17.0 Å². The van der Waals surface area contributed by atoms with E-state index in [4.69, 9.17) is 0 Å². The van der Waals surface area contributed by atoms with E-state index >= 15 is 0 Å². The first-order valence-electron chi connectivity index (χ1n) is 8.29. The summed E-state index contributed by atoms with van der Waals surface area (Å²) in [6.45, 7) is 9.57. The largest absolute Gasteiger partial charge is 0.333 e. The average molecular weight is 374 g/mol. The second-order valence-electron chi connectivity index (χ2n) is 7.00. The molecule has 1 aromatic rings. The summed E-state index contributed by atoms with van der Waals surface area (Å²) in [5.74, 6) is 0. The number of amides is 2. The van der Waals surface area contributed by atoms with Crippen LogP contribution in [0, 0.1) is 0 Å². The number of aryl methyl sites for hydroxylation is 1. The third-order valence-electron chi connectivity index (χ3n) is 3.80. The number of urea groups is 1. The molecule has 0 unspecified atom stereocenters. The highest BCUT2D eigenvalue weighted by molar-refractivity contribution is 7.91. The number of hydrogen-bond donors (Lipinski definition) is 1. The number of hydrogen-bond acceptors (Lipinski definition) is 4. The monoisotopic (exact) mass is 373 g/mol. The second-order valence-corrected chi connectivity index (χ2v) is 10.3. The van der Waals surface area contributed by atoms with E-state index in [9.17, 15) is 13.2 Å². The molecule has 8 heteroatoms. The van der Waals surface area contributed by atoms with Gasteiger partial charge < -0.3 is 10.2 Å². The Bertz CT molecular complexity index is 677. The summed E-state index contributed by atoms with van der Waals surface area (Å²) in [5, 5.41) is 2.93. The van der Waals surface area contributed by atoms with E-state index in [1.807, 2.05) is 33.8 Å². The van der Waals surface area contributed by atoms with Crippen LogP contribution in [0.5, 0.6) is 0 Å². The van der Waals surface area contributed by atoms with Gasteiger partial charge in [-0.15, -0.1) is 11.3 Å². The molecule has 0 aromatic carbocycles. The van der Waals surface area contributed by atoms with Crippen molar-refractivity contribution in [3.8, 4) is 0 Å². The maximum absolute atomic E-state index is 12.8. The zero-order valence-corrected chi connectivity index (χ0v) is 16.5. The lowest BCUT2D eigenvalue weighted by atomic mass is 10.1. The van der Waals surface area contributed by atoms with Crippen LogP contribution in [-0.2, 0) is 16.4 Å². The van der Waals surface area contributed by atoms with E-state index in [0.29, 0.717) is 36.8 Å². The molecule has 1 saturated heterocycles. The molecule has 0 spiro atoms. The Morgan fingerprint density at radius 3 is 2.50 bits per heavy atom. The van der Waals surface area contributed by atoms with Crippen LogP contribution >= 0.6 is 11.3 Å². The van der Waals surface area contributed by atoms with E-state index in [2.05, 4.69) is 5.32 Å². The summed E-state index contributed by atoms with van der Waals surface area (Å²) in [5.41, 5.74) is -0.303. The van der Waals surface area contributed by atoms with Gasteiger partial charge in [0.2, 0.25) is 0 Å². The number of rotatable bonds is 3. The molecule has 0 saturated carbocycles. The first-order valence-corrected chi connectivity index (χ1v) is 10.5. The summed E-state index contributed by atoms with van der Waals surface area (Å²) in [6.07, 6.45) is 1.48. The van der Waals surface area contributed by atoms with Crippen molar-refractivity contribution in [3.63, 3.8) is 0 Å².